The lowest BCUT2D eigenvalue weighted by Gasteiger charge is -2.22. The van der Waals surface area contributed by atoms with Crippen molar-refractivity contribution >= 4 is 29.0 Å². The van der Waals surface area contributed by atoms with E-state index in [0.717, 1.165) is 11.3 Å². The average Bonchev–Trinajstić information content (AvgIpc) is 3.38. The van der Waals surface area contributed by atoms with E-state index in [4.69, 9.17) is 9.26 Å². The lowest BCUT2D eigenvalue weighted by Crippen LogP contribution is -2.29. The zero-order valence-electron chi connectivity index (χ0n) is 18.4. The Morgan fingerprint density at radius 1 is 1.18 bits per heavy atom. The van der Waals surface area contributed by atoms with E-state index in [9.17, 15) is 24.8 Å². The Hall–Kier alpha value is -4.47. The quantitative estimate of drug-likeness (QED) is 0.180. The normalized spacial score (nSPS) is 17.2. The molecule has 1 atom stereocenters. The van der Waals surface area contributed by atoms with Crippen LogP contribution < -0.4 is 9.64 Å². The Bertz CT molecular complexity index is 1280. The number of benzene rings is 2. The Morgan fingerprint density at radius 3 is 2.41 bits per heavy atom. The third kappa shape index (κ3) is 4.13. The molecule has 2 heterocycles. The standard InChI is InChI=1S/C24H21N3O7/c1-3-12-33-18-10-6-16(7-11-18)22(28)20-21(15-4-8-17(9-5-15)27(31)32)26(24(30)23(20)29)19-13-14(2)34-25-19/h4-11,13,21,28H,3,12H2,1-2H3/b22-20+/t21-/m0/s1. The predicted octanol–water partition coefficient (Wildman–Crippen LogP) is 4.31. The molecular formula is C24H21N3O7. The molecule has 174 valence electrons. The number of aryl methyl sites for hydroxylation is 1. The lowest BCUT2D eigenvalue weighted by atomic mass is 9.95. The molecule has 1 saturated heterocycles. The fraction of sp³-hybridized carbons (Fsp3) is 0.208. The third-order valence-electron chi connectivity index (χ3n) is 5.33. The molecule has 0 aliphatic carbocycles. The summed E-state index contributed by atoms with van der Waals surface area (Å²) >= 11 is 0. The summed E-state index contributed by atoms with van der Waals surface area (Å²) in [5, 5.41) is 26.0. The number of ether oxygens (including phenoxy) is 1. The van der Waals surface area contributed by atoms with Gasteiger partial charge in [0, 0.05) is 23.8 Å². The van der Waals surface area contributed by atoms with Crippen LogP contribution in [0.25, 0.3) is 5.76 Å². The highest BCUT2D eigenvalue weighted by atomic mass is 16.6. The van der Waals surface area contributed by atoms with Crippen molar-refractivity contribution in [2.45, 2.75) is 26.3 Å². The van der Waals surface area contributed by atoms with E-state index in [1.165, 1.54) is 30.3 Å². The van der Waals surface area contributed by atoms with Gasteiger partial charge in [-0.1, -0.05) is 12.1 Å². The molecule has 1 amide bonds. The summed E-state index contributed by atoms with van der Waals surface area (Å²) in [5.74, 6) is -1.09. The number of aromatic nitrogens is 1. The summed E-state index contributed by atoms with van der Waals surface area (Å²) < 4.78 is 10.6. The SMILES string of the molecule is CCCOc1ccc(/C(O)=C2\C(=O)C(=O)N(c3cc(C)on3)[C@H]2c2ccc([N+](=O)[O-])cc2)cc1. The average molecular weight is 463 g/mol. The van der Waals surface area contributed by atoms with E-state index in [-0.39, 0.29) is 22.8 Å². The predicted molar refractivity (Wildman–Crippen MR) is 121 cm³/mol. The van der Waals surface area contributed by atoms with Crippen molar-refractivity contribution in [2.75, 3.05) is 11.5 Å². The van der Waals surface area contributed by atoms with Crippen LogP contribution in [0.2, 0.25) is 0 Å². The summed E-state index contributed by atoms with van der Waals surface area (Å²) in [6.45, 7) is 4.15. The topological polar surface area (TPSA) is 136 Å². The van der Waals surface area contributed by atoms with Crippen LogP contribution >= 0.6 is 0 Å². The molecule has 0 bridgehead atoms. The van der Waals surface area contributed by atoms with Crippen LogP contribution in [0.4, 0.5) is 11.5 Å². The van der Waals surface area contributed by atoms with Crippen molar-refractivity contribution in [3.63, 3.8) is 0 Å². The van der Waals surface area contributed by atoms with E-state index in [0.29, 0.717) is 29.2 Å². The fourth-order valence-electron chi connectivity index (χ4n) is 3.71. The number of hydrogen-bond donors (Lipinski definition) is 1. The molecule has 0 unspecified atom stereocenters. The maximum absolute atomic E-state index is 13.1. The number of non-ortho nitro benzene ring substituents is 1. The number of hydrogen-bond acceptors (Lipinski definition) is 8. The number of amides is 1. The molecule has 0 saturated carbocycles. The zero-order valence-corrected chi connectivity index (χ0v) is 18.4. The Balaban J connectivity index is 1.84. The van der Waals surface area contributed by atoms with Crippen LogP contribution in [0, 0.1) is 17.0 Å². The summed E-state index contributed by atoms with van der Waals surface area (Å²) in [5.41, 5.74) is 0.377. The molecule has 3 aromatic rings. The monoisotopic (exact) mass is 463 g/mol. The summed E-state index contributed by atoms with van der Waals surface area (Å²) in [6, 6.07) is 12.3. The second-order valence-corrected chi connectivity index (χ2v) is 7.69. The number of carbonyl (C=O) groups is 2. The summed E-state index contributed by atoms with van der Waals surface area (Å²) in [7, 11) is 0. The maximum Gasteiger partial charge on any atom is 0.301 e. The zero-order chi connectivity index (χ0) is 24.4. The van der Waals surface area contributed by atoms with Crippen molar-refractivity contribution < 1.29 is 28.9 Å². The first kappa shape index (κ1) is 22.7. The number of rotatable bonds is 7. The van der Waals surface area contributed by atoms with Crippen molar-refractivity contribution in [2.24, 2.45) is 0 Å². The lowest BCUT2D eigenvalue weighted by molar-refractivity contribution is -0.384. The molecule has 0 spiro atoms. The first-order chi connectivity index (χ1) is 16.3. The molecule has 1 N–H and O–H groups in total. The van der Waals surface area contributed by atoms with Crippen LogP contribution in [0.3, 0.4) is 0 Å². The van der Waals surface area contributed by atoms with Crippen LogP contribution in [0.1, 0.15) is 36.3 Å². The second kappa shape index (κ2) is 9.18. The van der Waals surface area contributed by atoms with Gasteiger partial charge in [0.05, 0.1) is 23.1 Å². The van der Waals surface area contributed by atoms with E-state index in [2.05, 4.69) is 5.16 Å². The second-order valence-electron chi connectivity index (χ2n) is 7.69. The number of nitro groups is 1. The Kier molecular flexibility index (Phi) is 6.13. The number of Topliss-reactive ketones (excluding diaryl/α,β-unsaturated/α-hetero) is 1. The number of ketones is 1. The minimum atomic E-state index is -1.07. The van der Waals surface area contributed by atoms with Crippen LogP contribution in [-0.2, 0) is 9.59 Å². The van der Waals surface area contributed by atoms with Gasteiger partial charge in [-0.15, -0.1) is 0 Å². The van der Waals surface area contributed by atoms with Crippen LogP contribution in [-0.4, -0.2) is 33.5 Å². The minimum absolute atomic E-state index is 0.0883. The summed E-state index contributed by atoms with van der Waals surface area (Å²) in [6.07, 6.45) is 0.835. The van der Waals surface area contributed by atoms with E-state index < -0.39 is 22.7 Å². The van der Waals surface area contributed by atoms with E-state index in [1.54, 1.807) is 31.2 Å². The van der Waals surface area contributed by atoms with Crippen molar-refractivity contribution in [1.29, 1.82) is 0 Å². The summed E-state index contributed by atoms with van der Waals surface area (Å²) in [4.78, 5) is 37.7. The van der Waals surface area contributed by atoms with Crippen LogP contribution in [0.15, 0.2) is 64.7 Å². The molecule has 34 heavy (non-hydrogen) atoms. The number of nitro benzene ring substituents is 1. The first-order valence-corrected chi connectivity index (χ1v) is 10.5. The largest absolute Gasteiger partial charge is 0.507 e. The first-order valence-electron chi connectivity index (χ1n) is 10.5. The number of nitrogens with zero attached hydrogens (tertiary/aromatic N) is 3. The Morgan fingerprint density at radius 2 is 1.85 bits per heavy atom. The molecule has 0 radical (unpaired) electrons. The highest BCUT2D eigenvalue weighted by molar-refractivity contribution is 6.51. The smallest absolute Gasteiger partial charge is 0.301 e. The van der Waals surface area contributed by atoms with Gasteiger partial charge in [0.1, 0.15) is 17.3 Å². The highest BCUT2D eigenvalue weighted by Crippen LogP contribution is 2.42. The van der Waals surface area contributed by atoms with Crippen LogP contribution in [0.5, 0.6) is 5.75 Å². The van der Waals surface area contributed by atoms with Gasteiger partial charge in [0.15, 0.2) is 5.82 Å². The number of carbonyl (C=O) groups excluding carboxylic acids is 2. The van der Waals surface area contributed by atoms with E-state index in [1.807, 2.05) is 6.92 Å². The van der Waals surface area contributed by atoms with Gasteiger partial charge in [-0.3, -0.25) is 24.6 Å². The molecule has 1 aromatic heterocycles. The van der Waals surface area contributed by atoms with Gasteiger partial charge in [0.2, 0.25) is 0 Å². The molecule has 10 heteroatoms. The minimum Gasteiger partial charge on any atom is -0.507 e. The third-order valence-corrected chi connectivity index (χ3v) is 5.33. The van der Waals surface area contributed by atoms with Gasteiger partial charge >= 0.3 is 5.91 Å². The van der Waals surface area contributed by atoms with E-state index >= 15 is 0 Å². The molecule has 4 rings (SSSR count). The van der Waals surface area contributed by atoms with Crippen molar-refractivity contribution in [1.82, 2.24) is 5.16 Å². The molecular weight excluding hydrogens is 442 g/mol. The van der Waals surface area contributed by atoms with Crippen molar-refractivity contribution in [3.8, 4) is 5.75 Å². The molecule has 1 aliphatic heterocycles. The highest BCUT2D eigenvalue weighted by Gasteiger charge is 2.48. The Labute approximate surface area is 194 Å². The number of anilines is 1. The van der Waals surface area contributed by atoms with Gasteiger partial charge < -0.3 is 14.4 Å². The molecule has 10 nitrogen and oxygen atoms in total. The maximum atomic E-state index is 13.1. The van der Waals surface area contributed by atoms with Gasteiger partial charge in [-0.05, 0) is 55.3 Å². The number of aliphatic hydroxyl groups is 1. The van der Waals surface area contributed by atoms with Gasteiger partial charge in [-0.2, -0.15) is 0 Å². The van der Waals surface area contributed by atoms with Gasteiger partial charge in [-0.25, -0.2) is 0 Å². The van der Waals surface area contributed by atoms with Crippen molar-refractivity contribution in [3.05, 3.63) is 87.2 Å². The molecule has 1 aliphatic rings. The molecule has 2 aromatic carbocycles. The fourth-order valence-corrected chi connectivity index (χ4v) is 3.71. The number of aliphatic hydroxyl groups excluding tert-OH is 1. The van der Waals surface area contributed by atoms with Gasteiger partial charge in [0.25, 0.3) is 11.5 Å². The molecule has 1 fully saturated rings.